The van der Waals surface area contributed by atoms with Crippen molar-refractivity contribution in [2.24, 2.45) is 23.7 Å². The fourth-order valence-corrected chi connectivity index (χ4v) is 5.64. The van der Waals surface area contributed by atoms with E-state index in [1.165, 1.54) is 90.0 Å². The number of hydrogen-bond donors (Lipinski definition) is 0. The molecule has 3 heteroatoms. The van der Waals surface area contributed by atoms with E-state index in [1.807, 2.05) is 0 Å². The van der Waals surface area contributed by atoms with Crippen LogP contribution in [0.25, 0.3) is 0 Å². The zero-order chi connectivity index (χ0) is 18.5. The summed E-state index contributed by atoms with van der Waals surface area (Å²) in [5.41, 5.74) is 1.51. The molecule has 0 N–H and O–H groups in total. The summed E-state index contributed by atoms with van der Waals surface area (Å²) >= 11 is 0. The molecule has 0 saturated carbocycles. The van der Waals surface area contributed by atoms with E-state index >= 15 is 0 Å². The van der Waals surface area contributed by atoms with E-state index in [4.69, 9.17) is 0 Å². The molecule has 6 heterocycles. The summed E-state index contributed by atoms with van der Waals surface area (Å²) < 4.78 is 0. The molecule has 0 amide bonds. The van der Waals surface area contributed by atoms with Gasteiger partial charge < -0.3 is 14.7 Å². The van der Waals surface area contributed by atoms with Crippen LogP contribution < -0.4 is 0 Å². The highest BCUT2D eigenvalue weighted by atomic mass is 15.2. The minimum absolute atomic E-state index is 0.993. The van der Waals surface area contributed by atoms with Crippen LogP contribution in [0.3, 0.4) is 0 Å². The molecule has 0 aliphatic carbocycles. The van der Waals surface area contributed by atoms with Crippen LogP contribution in [0.15, 0.2) is 11.6 Å². The SMILES string of the molecule is CC1=CCCN(C)C1.CC1CN2CCC1CC2.CC1CN2CCCC1C2. The molecule has 0 aromatic rings. The minimum atomic E-state index is 0.993. The van der Waals surface area contributed by atoms with Crippen molar-refractivity contribution in [1.29, 1.82) is 0 Å². The van der Waals surface area contributed by atoms with Crippen LogP contribution in [0.5, 0.6) is 0 Å². The number of fused-ring (bicyclic) bond motifs is 5. The molecule has 5 saturated heterocycles. The van der Waals surface area contributed by atoms with Gasteiger partial charge in [-0.15, -0.1) is 0 Å². The normalized spacial score (nSPS) is 41.5. The summed E-state index contributed by atoms with van der Waals surface area (Å²) in [6.45, 7) is 17.7. The smallest absolute Gasteiger partial charge is 0.0187 e. The minimum Gasteiger partial charge on any atom is -0.303 e. The van der Waals surface area contributed by atoms with Gasteiger partial charge in [0.2, 0.25) is 0 Å². The second-order valence-corrected chi connectivity index (χ2v) is 9.83. The van der Waals surface area contributed by atoms with Crippen molar-refractivity contribution in [1.82, 2.24) is 14.7 Å². The molecular formula is C23H43N3. The van der Waals surface area contributed by atoms with Crippen LogP contribution >= 0.6 is 0 Å². The summed E-state index contributed by atoms with van der Waals surface area (Å²) in [5.74, 6) is 4.12. The second kappa shape index (κ2) is 9.71. The average Bonchev–Trinajstić information content (AvgIpc) is 2.88. The van der Waals surface area contributed by atoms with Crippen molar-refractivity contribution < 1.29 is 0 Å². The van der Waals surface area contributed by atoms with Crippen LogP contribution in [-0.4, -0.2) is 74.1 Å². The van der Waals surface area contributed by atoms with Crippen molar-refractivity contribution in [3.63, 3.8) is 0 Å². The third-order valence-corrected chi connectivity index (χ3v) is 7.40. The maximum atomic E-state index is 2.61. The van der Waals surface area contributed by atoms with Gasteiger partial charge >= 0.3 is 0 Å². The fraction of sp³-hybridized carbons (Fsp3) is 0.913. The fourth-order valence-electron chi connectivity index (χ4n) is 5.64. The third-order valence-electron chi connectivity index (χ3n) is 7.40. The summed E-state index contributed by atoms with van der Waals surface area (Å²) in [4.78, 5) is 7.55. The summed E-state index contributed by atoms with van der Waals surface area (Å²) in [6.07, 6.45) is 9.46. The highest BCUT2D eigenvalue weighted by molar-refractivity contribution is 5.03. The zero-order valence-corrected chi connectivity index (χ0v) is 17.9. The molecule has 0 spiro atoms. The Morgan fingerprint density at radius 2 is 1.50 bits per heavy atom. The van der Waals surface area contributed by atoms with Gasteiger partial charge in [0.25, 0.3) is 0 Å². The molecular weight excluding hydrogens is 318 g/mol. The number of hydrogen-bond acceptors (Lipinski definition) is 3. The molecule has 4 bridgehead atoms. The molecule has 0 aromatic carbocycles. The predicted octanol–water partition coefficient (Wildman–Crippen LogP) is 3.96. The molecule has 26 heavy (non-hydrogen) atoms. The van der Waals surface area contributed by atoms with Gasteiger partial charge in [-0.2, -0.15) is 0 Å². The highest BCUT2D eigenvalue weighted by Crippen LogP contribution is 2.31. The average molecular weight is 362 g/mol. The van der Waals surface area contributed by atoms with E-state index in [-0.39, 0.29) is 0 Å². The van der Waals surface area contributed by atoms with Crippen molar-refractivity contribution >= 4 is 0 Å². The molecule has 3 nitrogen and oxygen atoms in total. The Hall–Kier alpha value is -0.380. The van der Waals surface area contributed by atoms with E-state index in [0.717, 1.165) is 23.7 Å². The maximum absolute atomic E-state index is 2.61. The topological polar surface area (TPSA) is 9.72 Å². The lowest BCUT2D eigenvalue weighted by atomic mass is 9.80. The Morgan fingerprint density at radius 3 is 1.92 bits per heavy atom. The van der Waals surface area contributed by atoms with E-state index in [9.17, 15) is 0 Å². The van der Waals surface area contributed by atoms with E-state index in [2.05, 4.69) is 48.6 Å². The summed E-state index contributed by atoms with van der Waals surface area (Å²) in [5, 5.41) is 0. The first kappa shape index (κ1) is 20.4. The Morgan fingerprint density at radius 1 is 0.808 bits per heavy atom. The highest BCUT2D eigenvalue weighted by Gasteiger charge is 2.32. The third kappa shape index (κ3) is 5.81. The molecule has 4 atom stereocenters. The standard InChI is InChI=1S/2C8H15N.C7H13N/c1-7-6-9-4-2-8(7)3-5-9;1-7-5-9-4-2-3-8(7)6-9;1-7-4-3-5-8(2)6-7/h2*7-8H,2-6H2,1H3;4H,3,5-6H2,1-2H3. The molecule has 5 fully saturated rings. The van der Waals surface area contributed by atoms with Crippen molar-refractivity contribution in [3.05, 3.63) is 11.6 Å². The van der Waals surface area contributed by atoms with Crippen LogP contribution in [-0.2, 0) is 0 Å². The van der Waals surface area contributed by atoms with Crippen LogP contribution in [0, 0.1) is 23.7 Å². The van der Waals surface area contributed by atoms with Gasteiger partial charge in [0.05, 0.1) is 0 Å². The van der Waals surface area contributed by atoms with Crippen LogP contribution in [0.2, 0.25) is 0 Å². The molecule has 4 unspecified atom stereocenters. The van der Waals surface area contributed by atoms with Gasteiger partial charge in [-0.05, 0) is 89.4 Å². The largest absolute Gasteiger partial charge is 0.303 e. The Balaban J connectivity index is 0.000000113. The van der Waals surface area contributed by atoms with Crippen molar-refractivity contribution in [2.45, 2.75) is 52.9 Å². The Bertz CT molecular complexity index is 436. The van der Waals surface area contributed by atoms with Gasteiger partial charge in [-0.25, -0.2) is 0 Å². The lowest BCUT2D eigenvalue weighted by Crippen LogP contribution is -2.46. The van der Waals surface area contributed by atoms with Crippen LogP contribution in [0.1, 0.15) is 52.9 Å². The van der Waals surface area contributed by atoms with Gasteiger partial charge in [0.15, 0.2) is 0 Å². The number of rotatable bonds is 0. The lowest BCUT2D eigenvalue weighted by Gasteiger charge is -2.43. The molecule has 0 aromatic heterocycles. The van der Waals surface area contributed by atoms with Gasteiger partial charge in [-0.1, -0.05) is 25.5 Å². The van der Waals surface area contributed by atoms with Crippen LogP contribution in [0.4, 0.5) is 0 Å². The molecule has 6 aliphatic rings. The molecule has 6 aliphatic heterocycles. The van der Waals surface area contributed by atoms with Crippen molar-refractivity contribution in [2.75, 3.05) is 59.4 Å². The molecule has 150 valence electrons. The number of nitrogens with zero attached hydrogens (tertiary/aromatic N) is 3. The van der Waals surface area contributed by atoms with E-state index < -0.39 is 0 Å². The Kier molecular flexibility index (Phi) is 7.60. The monoisotopic (exact) mass is 361 g/mol. The predicted molar refractivity (Wildman–Crippen MR) is 113 cm³/mol. The summed E-state index contributed by atoms with van der Waals surface area (Å²) in [7, 11) is 2.16. The van der Waals surface area contributed by atoms with Crippen molar-refractivity contribution in [3.8, 4) is 0 Å². The van der Waals surface area contributed by atoms with Gasteiger partial charge in [-0.3, -0.25) is 0 Å². The first-order valence-corrected chi connectivity index (χ1v) is 11.3. The van der Waals surface area contributed by atoms with Gasteiger partial charge in [0, 0.05) is 32.7 Å². The first-order valence-electron chi connectivity index (χ1n) is 11.3. The lowest BCUT2D eigenvalue weighted by molar-refractivity contribution is 0.0603. The molecule has 0 radical (unpaired) electrons. The van der Waals surface area contributed by atoms with E-state index in [0.29, 0.717) is 0 Å². The number of piperidine rings is 4. The summed E-state index contributed by atoms with van der Waals surface area (Å²) in [6, 6.07) is 0. The first-order chi connectivity index (χ1) is 12.5. The van der Waals surface area contributed by atoms with Gasteiger partial charge in [0.1, 0.15) is 0 Å². The number of likely N-dealkylation sites (N-methyl/N-ethyl adjacent to an activating group) is 1. The second-order valence-electron chi connectivity index (χ2n) is 9.83. The van der Waals surface area contributed by atoms with E-state index in [1.54, 1.807) is 0 Å². The zero-order valence-electron chi connectivity index (χ0n) is 17.9. The Labute approximate surface area is 162 Å². The quantitative estimate of drug-likeness (QED) is 0.605. The molecule has 6 rings (SSSR count). The maximum Gasteiger partial charge on any atom is 0.0187 e.